The smallest absolute Gasteiger partial charge is 0.277 e. The second-order valence-electron chi connectivity index (χ2n) is 2.42. The summed E-state index contributed by atoms with van der Waals surface area (Å²) in [5.41, 5.74) is 0. The van der Waals surface area contributed by atoms with E-state index in [0.29, 0.717) is 11.6 Å². The number of hydrogen-bond acceptors (Lipinski definition) is 3. The van der Waals surface area contributed by atoms with Crippen LogP contribution in [0.25, 0.3) is 0 Å². The topological polar surface area (TPSA) is 51.2 Å². The van der Waals surface area contributed by atoms with Crippen LogP contribution in [0.15, 0.2) is 16.7 Å². The van der Waals surface area contributed by atoms with Crippen molar-refractivity contribution in [3.8, 4) is 5.75 Å². The summed E-state index contributed by atoms with van der Waals surface area (Å²) in [6.07, 6.45) is 1.59. The minimum atomic E-state index is -0.643. The molecule has 1 amide bonds. The summed E-state index contributed by atoms with van der Waals surface area (Å²) in [7, 11) is 0. The molecule has 1 aliphatic rings. The maximum atomic E-state index is 11.1. The van der Waals surface area contributed by atoms with E-state index in [1.165, 1.54) is 0 Å². The number of carbonyl (C=O) groups excluding carboxylic acids is 1. The van der Waals surface area contributed by atoms with Crippen LogP contribution >= 0.6 is 31.9 Å². The maximum absolute atomic E-state index is 11.1. The number of ether oxygens (including phenoxy) is 1. The quantitative estimate of drug-likeness (QED) is 0.745. The Labute approximate surface area is 90.9 Å². The Kier molecular flexibility index (Phi) is 2.25. The molecule has 1 aromatic heterocycles. The van der Waals surface area contributed by atoms with Crippen LogP contribution in [0, 0.1) is 0 Å². The van der Waals surface area contributed by atoms with Crippen LogP contribution in [-0.4, -0.2) is 15.9 Å². The van der Waals surface area contributed by atoms with Crippen LogP contribution in [0.3, 0.4) is 0 Å². The average molecular weight is 308 g/mol. The third-order valence-electron chi connectivity index (χ3n) is 1.50. The molecule has 2 heterocycles. The lowest BCUT2D eigenvalue weighted by molar-refractivity contribution is -0.119. The molecule has 1 atom stereocenters. The van der Waals surface area contributed by atoms with Crippen LogP contribution in [0.4, 0.5) is 5.82 Å². The largest absolute Gasteiger partial charge is 0.465 e. The number of hydrogen-bond donors (Lipinski definition) is 1. The molecule has 0 fully saturated rings. The van der Waals surface area contributed by atoms with Crippen molar-refractivity contribution in [1.82, 2.24) is 4.98 Å². The number of alkyl halides is 1. The Morgan fingerprint density at radius 3 is 3.15 bits per heavy atom. The highest BCUT2D eigenvalue weighted by Gasteiger charge is 2.25. The van der Waals surface area contributed by atoms with Gasteiger partial charge in [0, 0.05) is 10.7 Å². The second kappa shape index (κ2) is 3.26. The van der Waals surface area contributed by atoms with Crippen LogP contribution in [0.1, 0.15) is 0 Å². The number of amides is 1. The van der Waals surface area contributed by atoms with E-state index in [1.54, 1.807) is 12.3 Å². The van der Waals surface area contributed by atoms with E-state index in [2.05, 4.69) is 42.2 Å². The standard InChI is InChI=1S/C7H4Br2N2O2/c8-3-1-4-6(10-2-3)11-7(12)5(9)13-4/h1-2,5H,(H,10,11,12). The summed E-state index contributed by atoms with van der Waals surface area (Å²) in [4.78, 5) is 15.1. The molecule has 0 bridgehead atoms. The van der Waals surface area contributed by atoms with Gasteiger partial charge >= 0.3 is 0 Å². The van der Waals surface area contributed by atoms with Crippen molar-refractivity contribution < 1.29 is 9.53 Å². The minimum absolute atomic E-state index is 0.248. The fourth-order valence-electron chi connectivity index (χ4n) is 0.943. The third-order valence-corrected chi connectivity index (χ3v) is 2.53. The predicted molar refractivity (Wildman–Crippen MR) is 53.9 cm³/mol. The lowest BCUT2D eigenvalue weighted by atomic mass is 10.4. The van der Waals surface area contributed by atoms with E-state index in [-0.39, 0.29) is 5.91 Å². The van der Waals surface area contributed by atoms with Gasteiger partial charge in [-0.2, -0.15) is 0 Å². The van der Waals surface area contributed by atoms with Crippen LogP contribution < -0.4 is 10.1 Å². The van der Waals surface area contributed by atoms with E-state index in [1.807, 2.05) is 0 Å². The van der Waals surface area contributed by atoms with Gasteiger partial charge in [-0.1, -0.05) is 0 Å². The number of nitrogens with zero attached hydrogens (tertiary/aromatic N) is 1. The molecule has 4 nitrogen and oxygen atoms in total. The first-order valence-electron chi connectivity index (χ1n) is 3.44. The van der Waals surface area contributed by atoms with Gasteiger partial charge in [0.05, 0.1) is 0 Å². The average Bonchev–Trinajstić information content (AvgIpc) is 2.08. The summed E-state index contributed by atoms with van der Waals surface area (Å²) < 4.78 is 6.04. The monoisotopic (exact) mass is 306 g/mol. The van der Waals surface area contributed by atoms with Crippen molar-refractivity contribution in [3.05, 3.63) is 16.7 Å². The molecule has 1 aromatic rings. The Hall–Kier alpha value is -0.620. The minimum Gasteiger partial charge on any atom is -0.465 e. The molecule has 0 saturated heterocycles. The highest BCUT2D eigenvalue weighted by Crippen LogP contribution is 2.31. The number of pyridine rings is 1. The van der Waals surface area contributed by atoms with Crippen molar-refractivity contribution in [2.24, 2.45) is 0 Å². The predicted octanol–water partition coefficient (Wildman–Crippen LogP) is 1.90. The van der Waals surface area contributed by atoms with Crippen molar-refractivity contribution in [2.45, 2.75) is 5.01 Å². The van der Waals surface area contributed by atoms with Gasteiger partial charge in [-0.15, -0.1) is 0 Å². The maximum Gasteiger partial charge on any atom is 0.277 e. The highest BCUT2D eigenvalue weighted by molar-refractivity contribution is 9.10. The Morgan fingerprint density at radius 1 is 1.62 bits per heavy atom. The third kappa shape index (κ3) is 1.68. The summed E-state index contributed by atoms with van der Waals surface area (Å²) in [6, 6.07) is 1.75. The van der Waals surface area contributed by atoms with E-state index >= 15 is 0 Å². The number of nitrogens with one attached hydrogen (secondary N) is 1. The van der Waals surface area contributed by atoms with Gasteiger partial charge in [-0.3, -0.25) is 4.79 Å². The van der Waals surface area contributed by atoms with Gasteiger partial charge in [-0.25, -0.2) is 4.98 Å². The number of carbonyl (C=O) groups is 1. The van der Waals surface area contributed by atoms with Crippen molar-refractivity contribution in [2.75, 3.05) is 5.32 Å². The fourth-order valence-corrected chi connectivity index (χ4v) is 1.57. The van der Waals surface area contributed by atoms with Gasteiger partial charge in [-0.05, 0) is 37.9 Å². The summed E-state index contributed by atoms with van der Waals surface area (Å²) in [5.74, 6) is 0.752. The van der Waals surface area contributed by atoms with Crippen LogP contribution in [-0.2, 0) is 4.79 Å². The molecule has 0 aliphatic carbocycles. The van der Waals surface area contributed by atoms with E-state index in [9.17, 15) is 4.79 Å². The first-order valence-corrected chi connectivity index (χ1v) is 5.15. The molecule has 6 heteroatoms. The number of rotatable bonds is 0. The molecular formula is C7H4Br2N2O2. The van der Waals surface area contributed by atoms with Crippen LogP contribution in [0.2, 0.25) is 0 Å². The van der Waals surface area contributed by atoms with Gasteiger partial charge in [0.15, 0.2) is 11.6 Å². The highest BCUT2D eigenvalue weighted by atomic mass is 79.9. The SMILES string of the molecule is O=C1Nc2ncc(Br)cc2OC1Br. The van der Waals surface area contributed by atoms with E-state index < -0.39 is 5.01 Å². The molecule has 1 unspecified atom stereocenters. The molecule has 0 saturated carbocycles. The summed E-state index contributed by atoms with van der Waals surface area (Å²) >= 11 is 6.33. The summed E-state index contributed by atoms with van der Waals surface area (Å²) in [5, 5.41) is 1.95. The molecule has 2 rings (SSSR count). The molecule has 0 aromatic carbocycles. The molecule has 13 heavy (non-hydrogen) atoms. The van der Waals surface area contributed by atoms with Crippen molar-refractivity contribution >= 4 is 43.6 Å². The molecule has 1 aliphatic heterocycles. The zero-order valence-corrected chi connectivity index (χ0v) is 9.42. The summed E-state index contributed by atoms with van der Waals surface area (Å²) in [6.45, 7) is 0. The molecule has 0 radical (unpaired) electrons. The molecular weight excluding hydrogens is 304 g/mol. The first-order chi connectivity index (χ1) is 6.16. The lowest BCUT2D eigenvalue weighted by Gasteiger charge is -2.20. The fraction of sp³-hybridized carbons (Fsp3) is 0.143. The number of fused-ring (bicyclic) bond motifs is 1. The molecule has 68 valence electrons. The van der Waals surface area contributed by atoms with Gasteiger partial charge in [0.25, 0.3) is 5.91 Å². The molecule has 1 N–H and O–H groups in total. The Morgan fingerprint density at radius 2 is 2.38 bits per heavy atom. The number of anilines is 1. The second-order valence-corrected chi connectivity index (χ2v) is 4.17. The van der Waals surface area contributed by atoms with Gasteiger partial charge in [0.2, 0.25) is 5.01 Å². The first kappa shape index (κ1) is 8.96. The normalized spacial score (nSPS) is 20.2. The Bertz CT molecular complexity index is 370. The van der Waals surface area contributed by atoms with Crippen molar-refractivity contribution in [3.63, 3.8) is 0 Å². The molecule has 0 spiro atoms. The Balaban J connectivity index is 2.42. The van der Waals surface area contributed by atoms with Gasteiger partial charge < -0.3 is 10.1 Å². The zero-order chi connectivity index (χ0) is 9.42. The van der Waals surface area contributed by atoms with E-state index in [4.69, 9.17) is 4.74 Å². The van der Waals surface area contributed by atoms with Crippen molar-refractivity contribution in [1.29, 1.82) is 0 Å². The van der Waals surface area contributed by atoms with Crippen LogP contribution in [0.5, 0.6) is 5.75 Å². The number of halogens is 2. The lowest BCUT2D eigenvalue weighted by Crippen LogP contribution is -2.32. The zero-order valence-electron chi connectivity index (χ0n) is 6.25. The van der Waals surface area contributed by atoms with E-state index in [0.717, 1.165) is 4.47 Å². The number of aromatic nitrogens is 1. The van der Waals surface area contributed by atoms with Gasteiger partial charge in [0.1, 0.15) is 0 Å².